The van der Waals surface area contributed by atoms with Crippen molar-refractivity contribution in [1.82, 2.24) is 0 Å². The quantitative estimate of drug-likeness (QED) is 0.717. The number of benzene rings is 1. The Bertz CT molecular complexity index is 297. The van der Waals surface area contributed by atoms with Gasteiger partial charge in [-0.3, -0.25) is 0 Å². The smallest absolute Gasteiger partial charge is 0.137 e. The summed E-state index contributed by atoms with van der Waals surface area (Å²) in [6, 6.07) is 2.49. The van der Waals surface area contributed by atoms with Crippen LogP contribution in [-0.2, 0) is 0 Å². The minimum atomic E-state index is -0.410. The topological polar surface area (TPSA) is 20.2 Å². The second-order valence-corrected chi connectivity index (χ2v) is 3.39. The molecule has 1 nitrogen and oxygen atoms in total. The predicted octanol–water partition coefficient (Wildman–Crippen LogP) is 3.31. The predicted molar refractivity (Wildman–Crippen MR) is 47.2 cm³/mol. The lowest BCUT2D eigenvalue weighted by Gasteiger charge is -2.07. The zero-order chi connectivity index (χ0) is 9.30. The van der Waals surface area contributed by atoms with Gasteiger partial charge < -0.3 is 5.11 Å². The summed E-state index contributed by atoms with van der Waals surface area (Å²) in [4.78, 5) is 0. The van der Waals surface area contributed by atoms with Crippen LogP contribution in [0.15, 0.2) is 12.1 Å². The van der Waals surface area contributed by atoms with E-state index in [2.05, 4.69) is 0 Å². The third-order valence-electron chi connectivity index (χ3n) is 1.69. The molecule has 66 valence electrons. The number of phenolic OH excluding ortho intramolecular Hbond substituents is 1. The van der Waals surface area contributed by atoms with Crippen molar-refractivity contribution in [1.29, 1.82) is 0 Å². The van der Waals surface area contributed by atoms with Gasteiger partial charge in [0.05, 0.1) is 5.02 Å². The van der Waals surface area contributed by atoms with Gasteiger partial charge in [0.25, 0.3) is 0 Å². The number of halogens is 2. The Labute approximate surface area is 75.8 Å². The van der Waals surface area contributed by atoms with Gasteiger partial charge in [-0.05, 0) is 17.5 Å². The second-order valence-electron chi connectivity index (χ2n) is 2.98. The molecule has 1 N–H and O–H groups in total. The largest absolute Gasteiger partial charge is 0.506 e. The van der Waals surface area contributed by atoms with Crippen molar-refractivity contribution in [3.05, 3.63) is 28.5 Å². The van der Waals surface area contributed by atoms with E-state index in [4.69, 9.17) is 16.7 Å². The van der Waals surface area contributed by atoms with Gasteiger partial charge in [-0.25, -0.2) is 4.39 Å². The number of phenols is 1. The molecule has 1 aromatic rings. The molecule has 0 bridgehead atoms. The number of hydrogen-bond donors (Lipinski definition) is 1. The lowest BCUT2D eigenvalue weighted by atomic mass is 10.0. The fourth-order valence-corrected chi connectivity index (χ4v) is 1.17. The Balaban J connectivity index is 3.23. The molecule has 0 aromatic heterocycles. The molecule has 0 aliphatic carbocycles. The van der Waals surface area contributed by atoms with E-state index in [9.17, 15) is 4.39 Å². The summed E-state index contributed by atoms with van der Waals surface area (Å²) in [6.45, 7) is 3.73. The van der Waals surface area contributed by atoms with Gasteiger partial charge in [0, 0.05) is 6.07 Å². The first-order chi connectivity index (χ1) is 5.52. The third-order valence-corrected chi connectivity index (χ3v) is 1.99. The second kappa shape index (κ2) is 3.31. The molecule has 0 aliphatic rings. The number of rotatable bonds is 1. The van der Waals surface area contributed by atoms with Crippen LogP contribution >= 0.6 is 11.6 Å². The first kappa shape index (κ1) is 9.33. The number of aromatic hydroxyl groups is 1. The minimum absolute atomic E-state index is 0.0723. The van der Waals surface area contributed by atoms with Gasteiger partial charge in [0.1, 0.15) is 11.6 Å². The highest BCUT2D eigenvalue weighted by atomic mass is 35.5. The first-order valence-corrected chi connectivity index (χ1v) is 4.08. The normalized spacial score (nSPS) is 10.8. The lowest BCUT2D eigenvalue weighted by molar-refractivity contribution is 0.467. The summed E-state index contributed by atoms with van der Waals surface area (Å²) >= 11 is 5.61. The fraction of sp³-hybridized carbons (Fsp3) is 0.333. The van der Waals surface area contributed by atoms with Crippen LogP contribution in [0.5, 0.6) is 5.75 Å². The van der Waals surface area contributed by atoms with E-state index < -0.39 is 5.82 Å². The molecule has 0 aliphatic heterocycles. The molecular weight excluding hydrogens is 179 g/mol. The Hall–Kier alpha value is -0.760. The standard InChI is InChI=1S/C9H10ClFO/c1-5(2)6-3-7(10)9(12)4-8(6)11/h3-5,12H,1-2H3. The molecule has 0 unspecified atom stereocenters. The molecule has 3 heteroatoms. The summed E-state index contributed by atoms with van der Waals surface area (Å²) in [5, 5.41) is 9.23. The highest BCUT2D eigenvalue weighted by Crippen LogP contribution is 2.29. The van der Waals surface area contributed by atoms with Crippen LogP contribution < -0.4 is 0 Å². The molecular formula is C9H10ClFO. The molecule has 0 heterocycles. The van der Waals surface area contributed by atoms with E-state index in [1.807, 2.05) is 13.8 Å². The molecule has 0 spiro atoms. The van der Waals surface area contributed by atoms with Crippen molar-refractivity contribution in [3.8, 4) is 5.75 Å². The third kappa shape index (κ3) is 1.69. The van der Waals surface area contributed by atoms with Crippen LogP contribution in [0.1, 0.15) is 25.3 Å². The lowest BCUT2D eigenvalue weighted by Crippen LogP contribution is -1.92. The van der Waals surface area contributed by atoms with Gasteiger partial charge in [-0.2, -0.15) is 0 Å². The Morgan fingerprint density at radius 2 is 2.00 bits per heavy atom. The first-order valence-electron chi connectivity index (χ1n) is 3.70. The van der Waals surface area contributed by atoms with E-state index in [-0.39, 0.29) is 16.7 Å². The maximum Gasteiger partial charge on any atom is 0.137 e. The van der Waals surface area contributed by atoms with Gasteiger partial charge in [-0.1, -0.05) is 25.4 Å². The molecule has 0 atom stereocenters. The van der Waals surface area contributed by atoms with Crippen molar-refractivity contribution >= 4 is 11.6 Å². The van der Waals surface area contributed by atoms with Gasteiger partial charge in [0.2, 0.25) is 0 Å². The van der Waals surface area contributed by atoms with Gasteiger partial charge in [0.15, 0.2) is 0 Å². The summed E-state index contributed by atoms with van der Waals surface area (Å²) in [5.41, 5.74) is 0.526. The van der Waals surface area contributed by atoms with Crippen LogP contribution in [0, 0.1) is 5.82 Å². The average molecular weight is 189 g/mol. The molecule has 0 saturated carbocycles. The molecule has 0 saturated heterocycles. The Morgan fingerprint density at radius 3 is 2.50 bits per heavy atom. The zero-order valence-electron chi connectivity index (χ0n) is 6.94. The molecule has 0 radical (unpaired) electrons. The zero-order valence-corrected chi connectivity index (χ0v) is 7.69. The van der Waals surface area contributed by atoms with Crippen LogP contribution in [0.4, 0.5) is 4.39 Å². The van der Waals surface area contributed by atoms with Crippen molar-refractivity contribution < 1.29 is 9.50 Å². The molecule has 12 heavy (non-hydrogen) atoms. The van der Waals surface area contributed by atoms with Crippen LogP contribution in [0.3, 0.4) is 0 Å². The van der Waals surface area contributed by atoms with Gasteiger partial charge >= 0.3 is 0 Å². The van der Waals surface area contributed by atoms with E-state index in [0.29, 0.717) is 5.56 Å². The molecule has 0 fully saturated rings. The summed E-state index contributed by atoms with van der Waals surface area (Å²) < 4.78 is 13.1. The highest BCUT2D eigenvalue weighted by molar-refractivity contribution is 6.32. The molecule has 1 rings (SSSR count). The Kier molecular flexibility index (Phi) is 2.58. The van der Waals surface area contributed by atoms with Gasteiger partial charge in [-0.15, -0.1) is 0 Å². The SMILES string of the molecule is CC(C)c1cc(Cl)c(O)cc1F. The monoisotopic (exact) mass is 188 g/mol. The molecule has 0 amide bonds. The highest BCUT2D eigenvalue weighted by Gasteiger charge is 2.10. The Morgan fingerprint density at radius 1 is 1.42 bits per heavy atom. The minimum Gasteiger partial charge on any atom is -0.506 e. The van der Waals surface area contributed by atoms with Crippen molar-refractivity contribution in [2.45, 2.75) is 19.8 Å². The summed E-state index contributed by atoms with van der Waals surface area (Å²) in [7, 11) is 0. The number of hydrogen-bond acceptors (Lipinski definition) is 1. The average Bonchev–Trinajstić information content (AvgIpc) is 1.96. The molecule has 1 aromatic carbocycles. The van der Waals surface area contributed by atoms with Crippen molar-refractivity contribution in [2.75, 3.05) is 0 Å². The van der Waals surface area contributed by atoms with Crippen LogP contribution in [-0.4, -0.2) is 5.11 Å². The van der Waals surface area contributed by atoms with Crippen molar-refractivity contribution in [2.24, 2.45) is 0 Å². The van der Waals surface area contributed by atoms with E-state index in [0.717, 1.165) is 6.07 Å². The maximum absolute atomic E-state index is 13.1. The fourth-order valence-electron chi connectivity index (χ4n) is 0.994. The van der Waals surface area contributed by atoms with Crippen molar-refractivity contribution in [3.63, 3.8) is 0 Å². The maximum atomic E-state index is 13.1. The van der Waals surface area contributed by atoms with Crippen LogP contribution in [0.25, 0.3) is 0 Å². The van der Waals surface area contributed by atoms with Crippen LogP contribution in [0.2, 0.25) is 5.02 Å². The van der Waals surface area contributed by atoms with E-state index in [1.54, 1.807) is 0 Å². The van der Waals surface area contributed by atoms with E-state index >= 15 is 0 Å². The summed E-state index contributed by atoms with van der Waals surface area (Å²) in [6.07, 6.45) is 0. The van der Waals surface area contributed by atoms with E-state index in [1.165, 1.54) is 6.07 Å². The summed E-state index contributed by atoms with van der Waals surface area (Å²) in [5.74, 6) is -0.548.